The summed E-state index contributed by atoms with van der Waals surface area (Å²) in [6, 6.07) is 0. The maximum atomic E-state index is 8.65. The van der Waals surface area contributed by atoms with Gasteiger partial charge >= 0.3 is 0 Å². The van der Waals surface area contributed by atoms with Gasteiger partial charge < -0.3 is 10.0 Å². The Hall–Kier alpha value is 0.200. The molecule has 4 heteroatoms. The van der Waals surface area contributed by atoms with Crippen LogP contribution in [0, 0.1) is 0 Å². The summed E-state index contributed by atoms with van der Waals surface area (Å²) in [6.45, 7) is 2.66. The van der Waals surface area contributed by atoms with Gasteiger partial charge in [-0.2, -0.15) is 0 Å². The minimum atomic E-state index is 0.333. The molecule has 94 valence electrons. The Morgan fingerprint density at radius 2 is 1.75 bits per heavy atom. The molecule has 0 aromatic carbocycles. The first-order chi connectivity index (χ1) is 7.84. The van der Waals surface area contributed by atoms with Crippen LogP contribution in [0.4, 0.5) is 0 Å². The van der Waals surface area contributed by atoms with Gasteiger partial charge in [0.05, 0.1) is 0 Å². The summed E-state index contributed by atoms with van der Waals surface area (Å²) >= 11 is 7.26. The second kappa shape index (κ2) is 9.25. The SMILES string of the molecule is OCCCCCCSC(=S)N1CCCCC1. The molecule has 0 unspecified atom stereocenters. The normalized spacial score (nSPS) is 16.4. The van der Waals surface area contributed by atoms with Gasteiger partial charge in [0.15, 0.2) is 0 Å². The number of nitrogens with zero attached hydrogens (tertiary/aromatic N) is 1. The summed E-state index contributed by atoms with van der Waals surface area (Å²) in [5.41, 5.74) is 0. The molecule has 0 bridgehead atoms. The highest BCUT2D eigenvalue weighted by molar-refractivity contribution is 8.22. The largest absolute Gasteiger partial charge is 0.396 e. The second-order valence-corrected chi connectivity index (χ2v) is 6.03. The molecule has 0 spiro atoms. The molecule has 0 amide bonds. The smallest absolute Gasteiger partial charge is 0.136 e. The molecule has 0 saturated carbocycles. The Morgan fingerprint density at radius 1 is 1.06 bits per heavy atom. The maximum absolute atomic E-state index is 8.65. The number of hydrogen-bond donors (Lipinski definition) is 1. The summed E-state index contributed by atoms with van der Waals surface area (Å²) in [4.78, 5) is 2.36. The van der Waals surface area contributed by atoms with Crippen LogP contribution in [0.5, 0.6) is 0 Å². The average molecular weight is 261 g/mol. The lowest BCUT2D eigenvalue weighted by atomic mass is 10.1. The summed E-state index contributed by atoms with van der Waals surface area (Å²) in [7, 11) is 0. The van der Waals surface area contributed by atoms with Crippen molar-refractivity contribution >= 4 is 28.3 Å². The molecule has 0 aromatic rings. The average Bonchev–Trinajstić information content (AvgIpc) is 2.34. The van der Waals surface area contributed by atoms with E-state index in [9.17, 15) is 0 Å². The Labute approximate surface area is 109 Å². The molecule has 0 atom stereocenters. The molecule has 1 heterocycles. The zero-order valence-electron chi connectivity index (χ0n) is 9.99. The first-order valence-electron chi connectivity index (χ1n) is 6.37. The number of hydrogen-bond acceptors (Lipinski definition) is 3. The Balaban J connectivity index is 1.97. The van der Waals surface area contributed by atoms with Crippen molar-refractivity contribution in [1.82, 2.24) is 4.90 Å². The van der Waals surface area contributed by atoms with Crippen molar-refractivity contribution in [2.45, 2.75) is 44.9 Å². The van der Waals surface area contributed by atoms with Gasteiger partial charge in [0.25, 0.3) is 0 Å². The van der Waals surface area contributed by atoms with Crippen LogP contribution in [-0.2, 0) is 0 Å². The zero-order valence-corrected chi connectivity index (χ0v) is 11.6. The van der Waals surface area contributed by atoms with Crippen LogP contribution in [0.3, 0.4) is 0 Å². The molecule has 1 aliphatic rings. The van der Waals surface area contributed by atoms with Gasteiger partial charge in [0, 0.05) is 25.4 Å². The third-order valence-electron chi connectivity index (χ3n) is 2.89. The lowest BCUT2D eigenvalue weighted by Gasteiger charge is -2.28. The molecular weight excluding hydrogens is 238 g/mol. The number of rotatable bonds is 6. The van der Waals surface area contributed by atoms with Crippen LogP contribution in [-0.4, -0.2) is 39.8 Å². The summed E-state index contributed by atoms with van der Waals surface area (Å²) in [5.74, 6) is 1.14. The molecule has 1 saturated heterocycles. The topological polar surface area (TPSA) is 23.5 Å². The van der Waals surface area contributed by atoms with Crippen LogP contribution in [0.2, 0.25) is 0 Å². The Bertz CT molecular complexity index is 193. The third-order valence-corrected chi connectivity index (χ3v) is 4.50. The Morgan fingerprint density at radius 3 is 2.44 bits per heavy atom. The van der Waals surface area contributed by atoms with Crippen LogP contribution < -0.4 is 0 Å². The fraction of sp³-hybridized carbons (Fsp3) is 0.917. The zero-order chi connectivity index (χ0) is 11.6. The number of piperidine rings is 1. The standard InChI is InChI=1S/C12H23NOS2/c14-10-6-1-2-7-11-16-12(15)13-8-4-3-5-9-13/h14H,1-11H2. The highest BCUT2D eigenvalue weighted by atomic mass is 32.2. The van der Waals surface area contributed by atoms with Gasteiger partial charge in [-0.05, 0) is 32.1 Å². The molecule has 0 aliphatic carbocycles. The molecular formula is C12H23NOS2. The fourth-order valence-corrected chi connectivity index (χ4v) is 3.22. The van der Waals surface area contributed by atoms with Crippen LogP contribution in [0.15, 0.2) is 0 Å². The molecule has 1 fully saturated rings. The van der Waals surface area contributed by atoms with Crippen LogP contribution in [0.1, 0.15) is 44.9 Å². The molecule has 1 rings (SSSR count). The van der Waals surface area contributed by atoms with E-state index in [4.69, 9.17) is 17.3 Å². The second-order valence-electron chi connectivity index (χ2n) is 4.30. The first-order valence-corrected chi connectivity index (χ1v) is 7.76. The third kappa shape index (κ3) is 6.06. The van der Waals surface area contributed by atoms with Crippen LogP contribution in [0.25, 0.3) is 0 Å². The van der Waals surface area contributed by atoms with E-state index >= 15 is 0 Å². The summed E-state index contributed by atoms with van der Waals surface area (Å²) < 4.78 is 1.10. The van der Waals surface area contributed by atoms with Gasteiger partial charge in [-0.3, -0.25) is 0 Å². The lowest BCUT2D eigenvalue weighted by molar-refractivity contribution is 0.283. The lowest BCUT2D eigenvalue weighted by Crippen LogP contribution is -2.32. The van der Waals surface area contributed by atoms with E-state index in [-0.39, 0.29) is 0 Å². The number of thioether (sulfide) groups is 1. The number of likely N-dealkylation sites (tertiary alicyclic amines) is 1. The fourth-order valence-electron chi connectivity index (χ4n) is 1.89. The highest BCUT2D eigenvalue weighted by Gasteiger charge is 2.12. The number of thiocarbonyl (C=S) groups is 1. The van der Waals surface area contributed by atoms with E-state index in [0.717, 1.165) is 36.0 Å². The highest BCUT2D eigenvalue weighted by Crippen LogP contribution is 2.17. The maximum Gasteiger partial charge on any atom is 0.136 e. The van der Waals surface area contributed by atoms with E-state index in [0.29, 0.717) is 6.61 Å². The minimum Gasteiger partial charge on any atom is -0.396 e. The van der Waals surface area contributed by atoms with Crippen LogP contribution >= 0.6 is 24.0 Å². The predicted octanol–water partition coefficient (Wildman–Crippen LogP) is 3.04. The number of unbranched alkanes of at least 4 members (excludes halogenated alkanes) is 3. The molecule has 1 aliphatic heterocycles. The minimum absolute atomic E-state index is 0.333. The van der Waals surface area contributed by atoms with Crippen molar-refractivity contribution in [2.24, 2.45) is 0 Å². The van der Waals surface area contributed by atoms with Crippen molar-refractivity contribution in [1.29, 1.82) is 0 Å². The van der Waals surface area contributed by atoms with Crippen molar-refractivity contribution in [2.75, 3.05) is 25.4 Å². The van der Waals surface area contributed by atoms with Crippen molar-refractivity contribution in [3.05, 3.63) is 0 Å². The van der Waals surface area contributed by atoms with Gasteiger partial charge in [-0.25, -0.2) is 0 Å². The monoisotopic (exact) mass is 261 g/mol. The van der Waals surface area contributed by atoms with Crippen molar-refractivity contribution in [3.8, 4) is 0 Å². The molecule has 2 nitrogen and oxygen atoms in total. The van der Waals surface area contributed by atoms with Crippen molar-refractivity contribution < 1.29 is 5.11 Å². The molecule has 1 N–H and O–H groups in total. The predicted molar refractivity (Wildman–Crippen MR) is 76.0 cm³/mol. The van der Waals surface area contributed by atoms with Crippen molar-refractivity contribution in [3.63, 3.8) is 0 Å². The Kier molecular flexibility index (Phi) is 8.25. The molecule has 16 heavy (non-hydrogen) atoms. The summed E-state index contributed by atoms with van der Waals surface area (Å²) in [5, 5.41) is 8.65. The van der Waals surface area contributed by atoms with Gasteiger partial charge in [-0.1, -0.05) is 36.8 Å². The van der Waals surface area contributed by atoms with Gasteiger partial charge in [-0.15, -0.1) is 0 Å². The van der Waals surface area contributed by atoms with E-state index in [1.54, 1.807) is 0 Å². The van der Waals surface area contributed by atoms with Gasteiger partial charge in [0.2, 0.25) is 0 Å². The number of aliphatic hydroxyl groups excluding tert-OH is 1. The van der Waals surface area contributed by atoms with E-state index < -0.39 is 0 Å². The quantitative estimate of drug-likeness (QED) is 0.586. The summed E-state index contributed by atoms with van der Waals surface area (Å²) in [6.07, 6.45) is 8.50. The first kappa shape index (κ1) is 14.3. The molecule has 0 radical (unpaired) electrons. The van der Waals surface area contributed by atoms with E-state index in [1.165, 1.54) is 32.1 Å². The van der Waals surface area contributed by atoms with E-state index in [1.807, 2.05) is 11.8 Å². The number of aliphatic hydroxyl groups is 1. The molecule has 0 aromatic heterocycles. The van der Waals surface area contributed by atoms with E-state index in [2.05, 4.69) is 4.90 Å². The van der Waals surface area contributed by atoms with Gasteiger partial charge in [0.1, 0.15) is 4.32 Å².